The number of esters is 1. The van der Waals surface area contributed by atoms with E-state index < -0.39 is 5.60 Å². The van der Waals surface area contributed by atoms with Crippen molar-refractivity contribution in [1.29, 1.82) is 0 Å². The minimum absolute atomic E-state index is 0.195. The SMILES string of the molecule is CC(C)=CCOC(=O)CC=CC(C)(C)O. The van der Waals surface area contributed by atoms with Crippen molar-refractivity contribution in [3.63, 3.8) is 0 Å². The Labute approximate surface area is 91.4 Å². The van der Waals surface area contributed by atoms with E-state index in [1.807, 2.05) is 19.9 Å². The van der Waals surface area contributed by atoms with Gasteiger partial charge < -0.3 is 9.84 Å². The molecule has 0 aromatic carbocycles. The number of aliphatic hydroxyl groups is 1. The number of ether oxygens (including phenoxy) is 1. The molecule has 0 atom stereocenters. The molecule has 0 aromatic rings. The molecule has 0 unspecified atom stereocenters. The zero-order valence-corrected chi connectivity index (χ0v) is 9.91. The van der Waals surface area contributed by atoms with Crippen LogP contribution in [-0.4, -0.2) is 23.3 Å². The fraction of sp³-hybridized carbons (Fsp3) is 0.583. The number of carbonyl (C=O) groups excluding carboxylic acids is 1. The Balaban J connectivity index is 3.77. The average Bonchev–Trinajstić information content (AvgIpc) is 2.00. The van der Waals surface area contributed by atoms with E-state index in [0.29, 0.717) is 6.61 Å². The van der Waals surface area contributed by atoms with Crippen LogP contribution in [0.5, 0.6) is 0 Å². The third-order valence-electron chi connectivity index (χ3n) is 1.55. The van der Waals surface area contributed by atoms with Gasteiger partial charge in [0.25, 0.3) is 0 Å². The molecule has 0 heterocycles. The normalized spacial score (nSPS) is 11.5. The highest BCUT2D eigenvalue weighted by molar-refractivity contribution is 5.71. The van der Waals surface area contributed by atoms with Crippen LogP contribution in [0, 0.1) is 0 Å². The van der Waals surface area contributed by atoms with Gasteiger partial charge in [-0.05, 0) is 33.8 Å². The van der Waals surface area contributed by atoms with E-state index in [0.717, 1.165) is 5.57 Å². The molecule has 0 fully saturated rings. The zero-order chi connectivity index (χ0) is 11.9. The second kappa shape index (κ2) is 6.40. The van der Waals surface area contributed by atoms with Gasteiger partial charge in [-0.25, -0.2) is 0 Å². The Kier molecular flexibility index (Phi) is 5.94. The lowest BCUT2D eigenvalue weighted by Crippen LogP contribution is -2.14. The number of rotatable bonds is 5. The standard InChI is InChI=1S/C12H20O3/c1-10(2)7-9-15-11(13)6-5-8-12(3,4)14/h5,7-8,14H,6,9H2,1-4H3. The van der Waals surface area contributed by atoms with Crippen LogP contribution < -0.4 is 0 Å². The molecular weight excluding hydrogens is 192 g/mol. The van der Waals surface area contributed by atoms with Gasteiger partial charge in [-0.15, -0.1) is 0 Å². The Morgan fingerprint density at radius 1 is 1.40 bits per heavy atom. The predicted molar refractivity (Wildman–Crippen MR) is 60.4 cm³/mol. The molecule has 0 bridgehead atoms. The minimum atomic E-state index is -0.875. The van der Waals surface area contributed by atoms with Crippen molar-refractivity contribution in [1.82, 2.24) is 0 Å². The monoisotopic (exact) mass is 212 g/mol. The maximum atomic E-state index is 11.1. The molecule has 0 amide bonds. The topological polar surface area (TPSA) is 46.5 Å². The minimum Gasteiger partial charge on any atom is -0.461 e. The Hall–Kier alpha value is -1.09. The molecule has 0 aliphatic carbocycles. The van der Waals surface area contributed by atoms with E-state index in [2.05, 4.69) is 0 Å². The summed E-state index contributed by atoms with van der Waals surface area (Å²) in [5.41, 5.74) is 0.245. The number of carbonyl (C=O) groups is 1. The molecule has 0 saturated carbocycles. The molecule has 0 radical (unpaired) electrons. The van der Waals surface area contributed by atoms with Crippen LogP contribution in [0.1, 0.15) is 34.1 Å². The second-order valence-corrected chi connectivity index (χ2v) is 4.22. The van der Waals surface area contributed by atoms with Crippen molar-refractivity contribution in [2.75, 3.05) is 6.61 Å². The molecule has 0 aliphatic heterocycles. The first-order chi connectivity index (χ1) is 6.81. The van der Waals surface area contributed by atoms with Gasteiger partial charge >= 0.3 is 5.97 Å². The van der Waals surface area contributed by atoms with Crippen LogP contribution in [0.15, 0.2) is 23.8 Å². The van der Waals surface area contributed by atoms with Crippen molar-refractivity contribution >= 4 is 5.97 Å². The molecule has 1 N–H and O–H groups in total. The Morgan fingerprint density at radius 3 is 2.47 bits per heavy atom. The summed E-state index contributed by atoms with van der Waals surface area (Å²) in [4.78, 5) is 11.1. The van der Waals surface area contributed by atoms with Crippen LogP contribution in [0.3, 0.4) is 0 Å². The third-order valence-corrected chi connectivity index (χ3v) is 1.55. The van der Waals surface area contributed by atoms with Gasteiger partial charge in [0.15, 0.2) is 0 Å². The first-order valence-electron chi connectivity index (χ1n) is 5.00. The van der Waals surface area contributed by atoms with Crippen LogP contribution >= 0.6 is 0 Å². The molecule has 3 heteroatoms. The van der Waals surface area contributed by atoms with E-state index in [1.54, 1.807) is 26.0 Å². The summed E-state index contributed by atoms with van der Waals surface area (Å²) < 4.78 is 4.92. The molecule has 0 aliphatic rings. The van der Waals surface area contributed by atoms with E-state index in [1.165, 1.54) is 0 Å². The largest absolute Gasteiger partial charge is 0.461 e. The lowest BCUT2D eigenvalue weighted by molar-refractivity contribution is -0.141. The third kappa shape index (κ3) is 10.8. The highest BCUT2D eigenvalue weighted by Crippen LogP contribution is 2.03. The second-order valence-electron chi connectivity index (χ2n) is 4.22. The first-order valence-corrected chi connectivity index (χ1v) is 5.00. The summed E-state index contributed by atoms with van der Waals surface area (Å²) in [5, 5.41) is 9.33. The summed E-state index contributed by atoms with van der Waals surface area (Å²) in [7, 11) is 0. The van der Waals surface area contributed by atoms with Gasteiger partial charge in [-0.1, -0.05) is 17.7 Å². The molecule has 15 heavy (non-hydrogen) atoms. The fourth-order valence-corrected chi connectivity index (χ4v) is 0.804. The van der Waals surface area contributed by atoms with Gasteiger partial charge in [-0.3, -0.25) is 4.79 Å². The van der Waals surface area contributed by atoms with Gasteiger partial charge in [0.1, 0.15) is 6.61 Å². The molecule has 0 saturated heterocycles. The lowest BCUT2D eigenvalue weighted by Gasteiger charge is -2.09. The molecule has 3 nitrogen and oxygen atoms in total. The van der Waals surface area contributed by atoms with E-state index in [9.17, 15) is 9.90 Å². The smallest absolute Gasteiger partial charge is 0.309 e. The van der Waals surface area contributed by atoms with Crippen molar-refractivity contribution in [3.8, 4) is 0 Å². The number of allylic oxidation sites excluding steroid dienone is 1. The average molecular weight is 212 g/mol. The van der Waals surface area contributed by atoms with Crippen molar-refractivity contribution in [2.45, 2.75) is 39.7 Å². The lowest BCUT2D eigenvalue weighted by atomic mass is 10.1. The molecule has 0 rings (SSSR count). The fourth-order valence-electron chi connectivity index (χ4n) is 0.804. The van der Waals surface area contributed by atoms with Crippen molar-refractivity contribution < 1.29 is 14.6 Å². The summed E-state index contributed by atoms with van der Waals surface area (Å²) in [6.45, 7) is 7.51. The van der Waals surface area contributed by atoms with Gasteiger partial charge in [0.2, 0.25) is 0 Å². The van der Waals surface area contributed by atoms with Crippen LogP contribution in [0.2, 0.25) is 0 Å². The maximum absolute atomic E-state index is 11.1. The molecule has 0 spiro atoms. The number of hydrogen-bond acceptors (Lipinski definition) is 3. The van der Waals surface area contributed by atoms with E-state index in [-0.39, 0.29) is 12.4 Å². The first kappa shape index (κ1) is 13.9. The van der Waals surface area contributed by atoms with E-state index >= 15 is 0 Å². The molecular formula is C12H20O3. The number of hydrogen-bond donors (Lipinski definition) is 1. The quantitative estimate of drug-likeness (QED) is 0.561. The van der Waals surface area contributed by atoms with Crippen molar-refractivity contribution in [2.24, 2.45) is 0 Å². The van der Waals surface area contributed by atoms with Crippen LogP contribution in [0.4, 0.5) is 0 Å². The summed E-state index contributed by atoms with van der Waals surface area (Å²) in [6, 6.07) is 0. The van der Waals surface area contributed by atoms with Gasteiger partial charge in [0.05, 0.1) is 12.0 Å². The Bertz CT molecular complexity index is 253. The van der Waals surface area contributed by atoms with Crippen molar-refractivity contribution in [3.05, 3.63) is 23.8 Å². The zero-order valence-electron chi connectivity index (χ0n) is 9.91. The summed E-state index contributed by atoms with van der Waals surface area (Å²) >= 11 is 0. The van der Waals surface area contributed by atoms with Gasteiger partial charge in [-0.2, -0.15) is 0 Å². The Morgan fingerprint density at radius 2 is 2.00 bits per heavy atom. The summed E-state index contributed by atoms with van der Waals surface area (Å²) in [5.74, 6) is -0.284. The molecule has 0 aromatic heterocycles. The molecule has 86 valence electrons. The summed E-state index contributed by atoms with van der Waals surface area (Å²) in [6.07, 6.45) is 5.23. The highest BCUT2D eigenvalue weighted by Gasteiger charge is 2.06. The van der Waals surface area contributed by atoms with E-state index in [4.69, 9.17) is 4.74 Å². The van der Waals surface area contributed by atoms with Gasteiger partial charge in [0, 0.05) is 0 Å². The van der Waals surface area contributed by atoms with Crippen LogP contribution in [0.25, 0.3) is 0 Å². The predicted octanol–water partition coefficient (Wildman–Crippen LogP) is 2.21. The maximum Gasteiger partial charge on any atom is 0.309 e. The highest BCUT2D eigenvalue weighted by atomic mass is 16.5. The van der Waals surface area contributed by atoms with Crippen LogP contribution in [-0.2, 0) is 9.53 Å².